The summed E-state index contributed by atoms with van der Waals surface area (Å²) >= 11 is 3.18. The first-order valence-electron chi connectivity index (χ1n) is 4.01. The molecule has 0 aliphatic carbocycles. The molecule has 0 aliphatic rings. The highest BCUT2D eigenvalue weighted by atomic mass is 32.2. The van der Waals surface area contributed by atoms with Gasteiger partial charge in [0.15, 0.2) is 0 Å². The Morgan fingerprint density at radius 3 is 2.86 bits per heavy atom. The Kier molecular flexibility index (Phi) is 2.36. The van der Waals surface area contributed by atoms with Crippen molar-refractivity contribution >= 4 is 38.9 Å². The van der Waals surface area contributed by atoms with E-state index in [9.17, 15) is 0 Å². The summed E-state index contributed by atoms with van der Waals surface area (Å²) in [7, 11) is 0. The molecule has 0 spiro atoms. The summed E-state index contributed by atoms with van der Waals surface area (Å²) in [5.41, 5.74) is 6.51. The molecule has 70 valence electrons. The van der Waals surface area contributed by atoms with Crippen molar-refractivity contribution in [3.8, 4) is 6.07 Å². The van der Waals surface area contributed by atoms with E-state index < -0.39 is 0 Å². The fourth-order valence-corrected chi connectivity index (χ4v) is 3.13. The van der Waals surface area contributed by atoms with Gasteiger partial charge in [-0.05, 0) is 29.8 Å². The number of nitrogens with zero attached hydrogens (tertiary/aromatic N) is 1. The Bertz CT molecular complexity index is 523. The number of hydrogen-bond donors (Lipinski definition) is 1. The molecular formula is C10H8N2S2. The molecular weight excluding hydrogens is 212 g/mol. The van der Waals surface area contributed by atoms with Crippen molar-refractivity contribution in [1.29, 1.82) is 5.26 Å². The highest BCUT2D eigenvalue weighted by Gasteiger charge is 2.06. The molecule has 0 fully saturated rings. The summed E-state index contributed by atoms with van der Waals surface area (Å²) in [6.45, 7) is 0. The monoisotopic (exact) mass is 220 g/mol. The highest BCUT2D eigenvalue weighted by Crippen LogP contribution is 2.35. The molecule has 2 rings (SSSR count). The predicted molar refractivity (Wildman–Crippen MR) is 62.7 cm³/mol. The molecule has 4 heteroatoms. The van der Waals surface area contributed by atoms with Crippen molar-refractivity contribution in [2.75, 3.05) is 12.0 Å². The van der Waals surface area contributed by atoms with Gasteiger partial charge in [-0.3, -0.25) is 0 Å². The maximum Gasteiger partial charge on any atom is 0.110 e. The van der Waals surface area contributed by atoms with Gasteiger partial charge in [-0.2, -0.15) is 5.26 Å². The predicted octanol–water partition coefficient (Wildman–Crippen LogP) is 3.08. The van der Waals surface area contributed by atoms with Crippen molar-refractivity contribution < 1.29 is 0 Å². The summed E-state index contributed by atoms with van der Waals surface area (Å²) in [5.74, 6) is 0. The fourth-order valence-electron chi connectivity index (χ4n) is 1.35. The number of nitrogen functional groups attached to an aromatic ring is 1. The quantitative estimate of drug-likeness (QED) is 0.593. The molecule has 2 nitrogen and oxygen atoms in total. The molecule has 0 radical (unpaired) electrons. The lowest BCUT2D eigenvalue weighted by molar-refractivity contribution is 1.52. The highest BCUT2D eigenvalue weighted by molar-refractivity contribution is 7.99. The molecule has 0 atom stereocenters. The third-order valence-electron chi connectivity index (χ3n) is 1.93. The molecule has 0 aliphatic heterocycles. The number of fused-ring (bicyclic) bond motifs is 1. The third kappa shape index (κ3) is 1.45. The molecule has 0 saturated heterocycles. The van der Waals surface area contributed by atoms with Crippen LogP contribution in [0, 0.1) is 11.3 Å². The van der Waals surface area contributed by atoms with Crippen LogP contribution in [0.2, 0.25) is 0 Å². The van der Waals surface area contributed by atoms with Crippen molar-refractivity contribution in [1.82, 2.24) is 0 Å². The number of nitrogens with two attached hydrogens (primary N) is 1. The average molecular weight is 220 g/mol. The van der Waals surface area contributed by atoms with Crippen molar-refractivity contribution in [3.05, 3.63) is 23.1 Å². The van der Waals surface area contributed by atoms with Crippen LogP contribution in [-0.2, 0) is 0 Å². The second-order valence-corrected chi connectivity index (χ2v) is 4.76. The van der Waals surface area contributed by atoms with Crippen LogP contribution in [0.4, 0.5) is 5.69 Å². The maximum atomic E-state index is 8.79. The lowest BCUT2D eigenvalue weighted by atomic mass is 10.2. The Morgan fingerprint density at radius 2 is 2.21 bits per heavy atom. The molecule has 14 heavy (non-hydrogen) atoms. The molecule has 0 unspecified atom stereocenters. The third-order valence-corrected chi connectivity index (χ3v) is 3.91. The summed E-state index contributed by atoms with van der Waals surface area (Å²) in [4.78, 5) is 1.88. The number of thioether (sulfide) groups is 1. The van der Waals surface area contributed by atoms with E-state index in [1.807, 2.05) is 24.5 Å². The van der Waals surface area contributed by atoms with Crippen LogP contribution < -0.4 is 5.73 Å². The molecule has 1 heterocycles. The van der Waals surface area contributed by atoms with E-state index in [0.29, 0.717) is 0 Å². The normalized spacial score (nSPS) is 10.3. The minimum atomic E-state index is 0.737. The van der Waals surface area contributed by atoms with Crippen molar-refractivity contribution in [2.45, 2.75) is 4.90 Å². The molecule has 0 saturated carbocycles. The van der Waals surface area contributed by atoms with E-state index in [1.165, 1.54) is 11.3 Å². The summed E-state index contributed by atoms with van der Waals surface area (Å²) < 4.78 is 1.16. The average Bonchev–Trinajstić information content (AvgIpc) is 2.59. The van der Waals surface area contributed by atoms with E-state index in [4.69, 9.17) is 11.0 Å². The minimum absolute atomic E-state index is 0.737. The van der Waals surface area contributed by atoms with E-state index in [1.54, 1.807) is 11.8 Å². The number of anilines is 1. The van der Waals surface area contributed by atoms with Crippen molar-refractivity contribution in [2.24, 2.45) is 0 Å². The van der Waals surface area contributed by atoms with E-state index in [2.05, 4.69) is 6.07 Å². The van der Waals surface area contributed by atoms with Gasteiger partial charge in [0.2, 0.25) is 0 Å². The Balaban J connectivity index is 2.79. The van der Waals surface area contributed by atoms with Gasteiger partial charge < -0.3 is 5.73 Å². The van der Waals surface area contributed by atoms with Gasteiger partial charge in [0.1, 0.15) is 10.9 Å². The number of hydrogen-bond acceptors (Lipinski definition) is 4. The van der Waals surface area contributed by atoms with E-state index in [-0.39, 0.29) is 0 Å². The minimum Gasteiger partial charge on any atom is -0.399 e. The molecule has 0 bridgehead atoms. The van der Waals surface area contributed by atoms with E-state index in [0.717, 1.165) is 25.5 Å². The van der Waals surface area contributed by atoms with Gasteiger partial charge in [0.25, 0.3) is 0 Å². The van der Waals surface area contributed by atoms with E-state index >= 15 is 0 Å². The van der Waals surface area contributed by atoms with Crippen LogP contribution in [0.25, 0.3) is 10.1 Å². The number of benzene rings is 1. The smallest absolute Gasteiger partial charge is 0.110 e. The molecule has 2 aromatic rings. The first-order valence-corrected chi connectivity index (χ1v) is 6.06. The molecule has 0 amide bonds. The van der Waals surface area contributed by atoms with Crippen LogP contribution in [0.3, 0.4) is 0 Å². The topological polar surface area (TPSA) is 49.8 Å². The second kappa shape index (κ2) is 3.52. The molecule has 2 N–H and O–H groups in total. The van der Waals surface area contributed by atoms with Gasteiger partial charge >= 0.3 is 0 Å². The number of rotatable bonds is 1. The summed E-state index contributed by atoms with van der Waals surface area (Å²) in [6.07, 6.45) is 2.01. The SMILES string of the molecule is CSc1cc(N)cc2cc(C#N)sc12. The Hall–Kier alpha value is -1.18. The standard InChI is InChI=1S/C10H8N2S2/c1-13-9-4-7(12)2-6-3-8(5-11)14-10(6)9/h2-4H,12H2,1H3. The van der Waals surface area contributed by atoms with Crippen LogP contribution in [-0.4, -0.2) is 6.26 Å². The van der Waals surface area contributed by atoms with Crippen molar-refractivity contribution in [3.63, 3.8) is 0 Å². The zero-order chi connectivity index (χ0) is 10.1. The zero-order valence-electron chi connectivity index (χ0n) is 7.57. The number of nitriles is 1. The van der Waals surface area contributed by atoms with Crippen LogP contribution in [0.15, 0.2) is 23.1 Å². The van der Waals surface area contributed by atoms with Crippen LogP contribution in [0.1, 0.15) is 4.88 Å². The molecule has 1 aromatic heterocycles. The maximum absolute atomic E-state index is 8.79. The van der Waals surface area contributed by atoms with Crippen LogP contribution in [0.5, 0.6) is 0 Å². The van der Waals surface area contributed by atoms with Gasteiger partial charge in [-0.1, -0.05) is 0 Å². The summed E-state index contributed by atoms with van der Waals surface area (Å²) in [5, 5.41) is 9.86. The van der Waals surface area contributed by atoms with Crippen LogP contribution >= 0.6 is 23.1 Å². The molecule has 1 aromatic carbocycles. The van der Waals surface area contributed by atoms with Gasteiger partial charge in [0.05, 0.1) is 0 Å². The van der Waals surface area contributed by atoms with Gasteiger partial charge in [0, 0.05) is 15.3 Å². The Labute approximate surface area is 90.3 Å². The Morgan fingerprint density at radius 1 is 1.43 bits per heavy atom. The largest absolute Gasteiger partial charge is 0.399 e. The van der Waals surface area contributed by atoms with Gasteiger partial charge in [-0.25, -0.2) is 0 Å². The lowest BCUT2D eigenvalue weighted by Crippen LogP contribution is -1.83. The first-order chi connectivity index (χ1) is 6.74. The zero-order valence-corrected chi connectivity index (χ0v) is 9.21. The lowest BCUT2D eigenvalue weighted by Gasteiger charge is -2.00. The second-order valence-electron chi connectivity index (χ2n) is 2.86. The fraction of sp³-hybridized carbons (Fsp3) is 0.100. The van der Waals surface area contributed by atoms with Gasteiger partial charge in [-0.15, -0.1) is 23.1 Å². The number of thiophene rings is 1. The first kappa shape index (κ1) is 9.38. The summed E-state index contributed by atoms with van der Waals surface area (Å²) in [6, 6.07) is 7.90.